The molecular formula is C20H13ClF2N4. The Bertz CT molecular complexity index is 1130. The Labute approximate surface area is 158 Å². The van der Waals surface area contributed by atoms with Gasteiger partial charge in [-0.2, -0.15) is 5.10 Å². The van der Waals surface area contributed by atoms with Gasteiger partial charge in [-0.1, -0.05) is 13.0 Å². The van der Waals surface area contributed by atoms with Crippen LogP contribution in [0.2, 0.25) is 5.28 Å². The van der Waals surface area contributed by atoms with Gasteiger partial charge in [-0.3, -0.25) is 0 Å². The first-order chi connectivity index (χ1) is 13.0. The van der Waals surface area contributed by atoms with E-state index in [-0.39, 0.29) is 27.4 Å². The molecule has 7 heteroatoms. The van der Waals surface area contributed by atoms with Crippen molar-refractivity contribution in [2.75, 3.05) is 0 Å². The molecule has 0 radical (unpaired) electrons. The average Bonchev–Trinajstić information content (AvgIpc) is 3.07. The van der Waals surface area contributed by atoms with Crippen molar-refractivity contribution >= 4 is 11.6 Å². The minimum Gasteiger partial charge on any atom is -0.227 e. The van der Waals surface area contributed by atoms with Crippen LogP contribution >= 0.6 is 11.6 Å². The van der Waals surface area contributed by atoms with Gasteiger partial charge in [-0.25, -0.2) is 18.7 Å². The Balaban J connectivity index is 1.56. The van der Waals surface area contributed by atoms with Crippen LogP contribution in [0.15, 0.2) is 36.5 Å². The molecule has 3 aliphatic rings. The summed E-state index contributed by atoms with van der Waals surface area (Å²) in [6, 6.07) is 7.49. The van der Waals surface area contributed by atoms with Gasteiger partial charge in [-0.05, 0) is 65.1 Å². The highest BCUT2D eigenvalue weighted by Crippen LogP contribution is 2.90. The SMILES string of the molecule is CC12C3C[C@]1(c1ccnc(Cl)n1)c1nnc(-c4c(F)cccc4F)cc1[C@H]32. The summed E-state index contributed by atoms with van der Waals surface area (Å²) in [6.07, 6.45) is 2.60. The fourth-order valence-corrected chi connectivity index (χ4v) is 5.89. The zero-order chi connectivity index (χ0) is 18.6. The molecule has 0 saturated heterocycles. The van der Waals surface area contributed by atoms with E-state index in [0.717, 1.165) is 23.4 Å². The van der Waals surface area contributed by atoms with Crippen molar-refractivity contribution in [1.29, 1.82) is 0 Å². The molecule has 0 amide bonds. The van der Waals surface area contributed by atoms with Crippen LogP contribution in [0.3, 0.4) is 0 Å². The zero-order valence-electron chi connectivity index (χ0n) is 14.2. The highest BCUT2D eigenvalue weighted by Gasteiger charge is 2.87. The summed E-state index contributed by atoms with van der Waals surface area (Å²) in [5.74, 6) is -0.432. The van der Waals surface area contributed by atoms with Crippen molar-refractivity contribution in [1.82, 2.24) is 20.2 Å². The predicted octanol–water partition coefficient (Wildman–Crippen LogP) is 4.29. The van der Waals surface area contributed by atoms with Crippen LogP contribution in [0.25, 0.3) is 11.3 Å². The Hall–Kier alpha value is -2.47. The van der Waals surface area contributed by atoms with Crippen LogP contribution in [0.5, 0.6) is 0 Å². The van der Waals surface area contributed by atoms with Crippen LogP contribution < -0.4 is 0 Å². The average molecular weight is 383 g/mol. The van der Waals surface area contributed by atoms with Crippen molar-refractivity contribution in [3.05, 3.63) is 70.4 Å². The molecule has 1 aromatic carbocycles. The number of hydrogen-bond acceptors (Lipinski definition) is 4. The van der Waals surface area contributed by atoms with Crippen LogP contribution in [0.1, 0.15) is 36.2 Å². The van der Waals surface area contributed by atoms with Gasteiger partial charge in [0.15, 0.2) is 0 Å². The van der Waals surface area contributed by atoms with Crippen LogP contribution in [0, 0.1) is 23.0 Å². The largest absolute Gasteiger partial charge is 0.227 e. The van der Waals surface area contributed by atoms with Crippen molar-refractivity contribution in [3.8, 4) is 11.3 Å². The van der Waals surface area contributed by atoms with Crippen molar-refractivity contribution in [3.63, 3.8) is 0 Å². The van der Waals surface area contributed by atoms with Gasteiger partial charge in [0.25, 0.3) is 0 Å². The van der Waals surface area contributed by atoms with E-state index in [2.05, 4.69) is 27.1 Å². The van der Waals surface area contributed by atoms with Gasteiger partial charge in [0.05, 0.1) is 28.1 Å². The summed E-state index contributed by atoms with van der Waals surface area (Å²) in [6.45, 7) is 2.23. The van der Waals surface area contributed by atoms with E-state index in [1.54, 1.807) is 12.3 Å². The molecule has 134 valence electrons. The van der Waals surface area contributed by atoms with Crippen molar-refractivity contribution in [2.45, 2.75) is 24.7 Å². The lowest BCUT2D eigenvalue weighted by atomic mass is 9.57. The molecule has 2 unspecified atom stereocenters. The predicted molar refractivity (Wildman–Crippen MR) is 94.2 cm³/mol. The molecule has 2 saturated carbocycles. The first-order valence-electron chi connectivity index (χ1n) is 8.80. The molecule has 0 spiro atoms. The third-order valence-corrected chi connectivity index (χ3v) is 7.18. The second-order valence-electron chi connectivity index (χ2n) is 7.82. The zero-order valence-corrected chi connectivity index (χ0v) is 15.0. The van der Waals surface area contributed by atoms with E-state index in [9.17, 15) is 8.78 Å². The Kier molecular flexibility index (Phi) is 2.70. The molecule has 2 fully saturated rings. The Morgan fingerprint density at radius 2 is 1.93 bits per heavy atom. The molecule has 0 N–H and O–H groups in total. The molecule has 2 aromatic heterocycles. The standard InChI is InChI=1S/C20H13ClF2N4/c1-19-10-8-20(19,14-5-6-24-18(21)25-14)17-9(16(10)19)7-13(26-27-17)15-11(22)3-2-4-12(15)23/h2-7,10,16H,8H2,1H3/t10?,16-,19?,20+/m1/s1. The molecule has 0 bridgehead atoms. The number of aromatic nitrogens is 4. The molecule has 0 aliphatic heterocycles. The van der Waals surface area contributed by atoms with Crippen LogP contribution in [-0.4, -0.2) is 20.2 Å². The summed E-state index contributed by atoms with van der Waals surface area (Å²) in [4.78, 5) is 8.45. The van der Waals surface area contributed by atoms with E-state index in [4.69, 9.17) is 11.6 Å². The molecule has 3 aliphatic carbocycles. The number of fused-ring (bicyclic) bond motifs is 4. The van der Waals surface area contributed by atoms with Gasteiger partial charge in [0.1, 0.15) is 11.6 Å². The molecule has 4 nitrogen and oxygen atoms in total. The summed E-state index contributed by atoms with van der Waals surface area (Å²) >= 11 is 6.03. The summed E-state index contributed by atoms with van der Waals surface area (Å²) in [7, 11) is 0. The Morgan fingerprint density at radius 1 is 1.15 bits per heavy atom. The fourth-order valence-electron chi connectivity index (χ4n) is 5.74. The van der Waals surface area contributed by atoms with Gasteiger partial charge in [0.2, 0.25) is 5.28 Å². The lowest BCUT2D eigenvalue weighted by molar-refractivity contribution is 0.159. The molecule has 4 atom stereocenters. The van der Waals surface area contributed by atoms with E-state index >= 15 is 0 Å². The maximum absolute atomic E-state index is 14.2. The van der Waals surface area contributed by atoms with E-state index in [0.29, 0.717) is 11.8 Å². The summed E-state index contributed by atoms with van der Waals surface area (Å²) < 4.78 is 28.4. The smallest absolute Gasteiger partial charge is 0.222 e. The van der Waals surface area contributed by atoms with Crippen molar-refractivity contribution < 1.29 is 8.78 Å². The van der Waals surface area contributed by atoms with Crippen LogP contribution in [-0.2, 0) is 5.41 Å². The summed E-state index contributed by atoms with van der Waals surface area (Å²) in [5, 5.41) is 8.85. The lowest BCUT2D eigenvalue weighted by Crippen LogP contribution is -2.46. The molecule has 27 heavy (non-hydrogen) atoms. The monoisotopic (exact) mass is 382 g/mol. The number of nitrogens with zero attached hydrogens (tertiary/aromatic N) is 4. The number of hydrogen-bond donors (Lipinski definition) is 0. The van der Waals surface area contributed by atoms with Gasteiger partial charge < -0.3 is 0 Å². The van der Waals surface area contributed by atoms with Crippen molar-refractivity contribution in [2.24, 2.45) is 11.3 Å². The highest BCUT2D eigenvalue weighted by molar-refractivity contribution is 6.28. The third-order valence-electron chi connectivity index (χ3n) is 7.00. The maximum atomic E-state index is 14.2. The van der Waals surface area contributed by atoms with E-state index < -0.39 is 11.6 Å². The number of halogens is 3. The molecule has 2 heterocycles. The first kappa shape index (κ1) is 15.6. The highest BCUT2D eigenvalue weighted by atomic mass is 35.5. The van der Waals surface area contributed by atoms with E-state index in [1.165, 1.54) is 18.2 Å². The third kappa shape index (κ3) is 1.60. The maximum Gasteiger partial charge on any atom is 0.222 e. The molecular weight excluding hydrogens is 370 g/mol. The van der Waals surface area contributed by atoms with Gasteiger partial charge >= 0.3 is 0 Å². The van der Waals surface area contributed by atoms with E-state index in [1.807, 2.05) is 6.07 Å². The number of benzene rings is 1. The second kappa shape index (κ2) is 4.68. The topological polar surface area (TPSA) is 51.6 Å². The minimum atomic E-state index is -0.636. The van der Waals surface area contributed by atoms with Crippen LogP contribution in [0.4, 0.5) is 8.78 Å². The second-order valence-corrected chi connectivity index (χ2v) is 8.16. The minimum absolute atomic E-state index is 0.00803. The lowest BCUT2D eigenvalue weighted by Gasteiger charge is -2.46. The fraction of sp³-hybridized carbons (Fsp3) is 0.300. The summed E-state index contributed by atoms with van der Waals surface area (Å²) in [5.41, 5.74) is 2.49. The first-order valence-corrected chi connectivity index (χ1v) is 9.18. The van der Waals surface area contributed by atoms with Gasteiger partial charge in [-0.15, -0.1) is 5.10 Å². The molecule has 6 rings (SSSR count). The normalized spacial score (nSPS) is 31.9. The molecule has 3 aromatic rings. The Morgan fingerprint density at radius 3 is 2.67 bits per heavy atom. The number of rotatable bonds is 2. The quantitative estimate of drug-likeness (QED) is 0.620. The van der Waals surface area contributed by atoms with Gasteiger partial charge in [0, 0.05) is 6.20 Å².